The van der Waals surface area contributed by atoms with Gasteiger partial charge in [0.05, 0.1) is 5.25 Å². The summed E-state index contributed by atoms with van der Waals surface area (Å²) in [5.41, 5.74) is 2.21. The van der Waals surface area contributed by atoms with E-state index in [1.54, 1.807) is 0 Å². The molecule has 0 saturated carbocycles. The number of rotatable bonds is 6. The molecular formula is C17H20N6OS2. The number of aromatic nitrogens is 5. The van der Waals surface area contributed by atoms with Crippen molar-refractivity contribution in [3.63, 3.8) is 0 Å². The predicted octanol–water partition coefficient (Wildman–Crippen LogP) is 3.55. The van der Waals surface area contributed by atoms with E-state index in [-0.39, 0.29) is 11.2 Å². The molecule has 0 bridgehead atoms. The van der Waals surface area contributed by atoms with Crippen molar-refractivity contribution in [3.05, 3.63) is 34.8 Å². The van der Waals surface area contributed by atoms with Gasteiger partial charge in [0.15, 0.2) is 11.0 Å². The van der Waals surface area contributed by atoms with E-state index in [0.29, 0.717) is 5.13 Å². The van der Waals surface area contributed by atoms with Crippen LogP contribution in [0.1, 0.15) is 24.4 Å². The molecule has 0 aliphatic rings. The molecule has 136 valence electrons. The highest BCUT2D eigenvalue weighted by Gasteiger charge is 2.21. The fourth-order valence-corrected chi connectivity index (χ4v) is 3.85. The van der Waals surface area contributed by atoms with Gasteiger partial charge in [-0.15, -0.1) is 20.4 Å². The number of aryl methyl sites for hydroxylation is 2. The number of benzene rings is 1. The standard InChI is InChI=1S/C17H20N6OS2/c1-5-23-14(13-8-6-10(2)7-9-13)20-22-17(23)25-11(3)15(24)18-16-21-19-12(4)26-16/h6-9,11H,5H2,1-4H3,(H,18,21,24)/t11-/m1/s1. The Kier molecular flexibility index (Phi) is 5.67. The summed E-state index contributed by atoms with van der Waals surface area (Å²) in [7, 11) is 0. The van der Waals surface area contributed by atoms with Gasteiger partial charge in [-0.1, -0.05) is 52.9 Å². The van der Waals surface area contributed by atoms with E-state index in [9.17, 15) is 4.79 Å². The van der Waals surface area contributed by atoms with Gasteiger partial charge >= 0.3 is 0 Å². The third kappa shape index (κ3) is 4.10. The van der Waals surface area contributed by atoms with Crippen molar-refractivity contribution in [2.75, 3.05) is 5.32 Å². The van der Waals surface area contributed by atoms with Gasteiger partial charge in [0.25, 0.3) is 0 Å². The highest BCUT2D eigenvalue weighted by molar-refractivity contribution is 8.00. The Morgan fingerprint density at radius 1 is 1.19 bits per heavy atom. The minimum atomic E-state index is -0.334. The summed E-state index contributed by atoms with van der Waals surface area (Å²) >= 11 is 2.73. The number of carbonyl (C=O) groups excluding carboxylic acids is 1. The van der Waals surface area contributed by atoms with E-state index in [2.05, 4.69) is 44.8 Å². The Balaban J connectivity index is 1.75. The molecule has 2 aromatic heterocycles. The van der Waals surface area contributed by atoms with Gasteiger partial charge in [-0.2, -0.15) is 0 Å². The summed E-state index contributed by atoms with van der Waals surface area (Å²) in [5.74, 6) is 0.677. The minimum absolute atomic E-state index is 0.131. The maximum atomic E-state index is 12.4. The second-order valence-corrected chi connectivity index (χ2v) is 8.28. The summed E-state index contributed by atoms with van der Waals surface area (Å²) in [6.45, 7) is 8.51. The lowest BCUT2D eigenvalue weighted by Crippen LogP contribution is -2.22. The highest BCUT2D eigenvalue weighted by Crippen LogP contribution is 2.27. The summed E-state index contributed by atoms with van der Waals surface area (Å²) < 4.78 is 2.02. The van der Waals surface area contributed by atoms with Gasteiger partial charge in [-0.05, 0) is 27.7 Å². The first-order chi connectivity index (χ1) is 12.5. The highest BCUT2D eigenvalue weighted by atomic mass is 32.2. The molecule has 0 saturated heterocycles. The second-order valence-electron chi connectivity index (χ2n) is 5.79. The molecule has 7 nitrogen and oxygen atoms in total. The van der Waals surface area contributed by atoms with E-state index >= 15 is 0 Å². The normalized spacial score (nSPS) is 12.2. The molecule has 2 heterocycles. The Morgan fingerprint density at radius 2 is 1.92 bits per heavy atom. The van der Waals surface area contributed by atoms with Crippen LogP contribution in [0, 0.1) is 13.8 Å². The van der Waals surface area contributed by atoms with E-state index in [1.165, 1.54) is 28.7 Å². The molecule has 26 heavy (non-hydrogen) atoms. The average Bonchev–Trinajstić information content (AvgIpc) is 3.21. The molecule has 0 fully saturated rings. The van der Waals surface area contributed by atoms with Gasteiger partial charge in [-0.3, -0.25) is 10.1 Å². The topological polar surface area (TPSA) is 85.6 Å². The van der Waals surface area contributed by atoms with Gasteiger partial charge in [-0.25, -0.2) is 0 Å². The van der Waals surface area contributed by atoms with Crippen molar-refractivity contribution in [2.45, 2.75) is 44.6 Å². The fourth-order valence-electron chi connectivity index (χ4n) is 2.34. The Labute approximate surface area is 160 Å². The minimum Gasteiger partial charge on any atom is -0.302 e. The zero-order valence-electron chi connectivity index (χ0n) is 15.1. The quantitative estimate of drug-likeness (QED) is 0.650. The molecular weight excluding hydrogens is 368 g/mol. The number of hydrogen-bond acceptors (Lipinski definition) is 7. The van der Waals surface area contributed by atoms with Crippen molar-refractivity contribution in [3.8, 4) is 11.4 Å². The molecule has 0 unspecified atom stereocenters. The number of nitrogens with one attached hydrogen (secondary N) is 1. The molecule has 0 aliphatic heterocycles. The van der Waals surface area contributed by atoms with Crippen LogP contribution in [-0.2, 0) is 11.3 Å². The first-order valence-corrected chi connectivity index (χ1v) is 9.95. The van der Waals surface area contributed by atoms with Crippen LogP contribution in [0.5, 0.6) is 0 Å². The van der Waals surface area contributed by atoms with E-state index < -0.39 is 0 Å². The molecule has 0 radical (unpaired) electrons. The zero-order valence-corrected chi connectivity index (χ0v) is 16.7. The van der Waals surface area contributed by atoms with Crippen molar-refractivity contribution < 1.29 is 4.79 Å². The van der Waals surface area contributed by atoms with Crippen LogP contribution in [0.2, 0.25) is 0 Å². The zero-order chi connectivity index (χ0) is 18.7. The number of thioether (sulfide) groups is 1. The smallest absolute Gasteiger partial charge is 0.239 e. The molecule has 9 heteroatoms. The number of nitrogens with zero attached hydrogens (tertiary/aromatic N) is 5. The number of hydrogen-bond donors (Lipinski definition) is 1. The monoisotopic (exact) mass is 388 g/mol. The Hall–Kier alpha value is -2.26. The van der Waals surface area contributed by atoms with Crippen LogP contribution >= 0.6 is 23.1 Å². The number of amides is 1. The first kappa shape index (κ1) is 18.5. The van der Waals surface area contributed by atoms with Gasteiger partial charge in [0.2, 0.25) is 11.0 Å². The van der Waals surface area contributed by atoms with Crippen LogP contribution < -0.4 is 5.32 Å². The Morgan fingerprint density at radius 3 is 2.54 bits per heavy atom. The molecule has 0 spiro atoms. The predicted molar refractivity (Wildman–Crippen MR) is 104 cm³/mol. The van der Waals surface area contributed by atoms with E-state index in [1.807, 2.05) is 37.5 Å². The van der Waals surface area contributed by atoms with Crippen molar-refractivity contribution in [2.24, 2.45) is 0 Å². The molecule has 1 amide bonds. The van der Waals surface area contributed by atoms with E-state index in [4.69, 9.17) is 0 Å². The van der Waals surface area contributed by atoms with Crippen LogP contribution in [-0.4, -0.2) is 36.1 Å². The maximum absolute atomic E-state index is 12.4. The summed E-state index contributed by atoms with van der Waals surface area (Å²) in [6.07, 6.45) is 0. The average molecular weight is 389 g/mol. The van der Waals surface area contributed by atoms with Gasteiger partial charge in [0.1, 0.15) is 5.01 Å². The summed E-state index contributed by atoms with van der Waals surface area (Å²) in [6, 6.07) is 8.18. The third-order valence-electron chi connectivity index (χ3n) is 3.75. The van der Waals surface area contributed by atoms with Crippen LogP contribution in [0.4, 0.5) is 5.13 Å². The SMILES string of the molecule is CCn1c(S[C@H](C)C(=O)Nc2nnc(C)s2)nnc1-c1ccc(C)cc1. The molecule has 3 rings (SSSR count). The van der Waals surface area contributed by atoms with Gasteiger partial charge in [0, 0.05) is 12.1 Å². The maximum Gasteiger partial charge on any atom is 0.239 e. The third-order valence-corrected chi connectivity index (χ3v) is 5.59. The molecule has 0 aliphatic carbocycles. The van der Waals surface area contributed by atoms with Crippen molar-refractivity contribution >= 4 is 34.1 Å². The molecule has 1 atom stereocenters. The van der Waals surface area contributed by atoms with Crippen LogP contribution in [0.25, 0.3) is 11.4 Å². The lowest BCUT2D eigenvalue weighted by Gasteiger charge is -2.11. The summed E-state index contributed by atoms with van der Waals surface area (Å²) in [5, 5.41) is 21.0. The number of anilines is 1. The van der Waals surface area contributed by atoms with Crippen molar-refractivity contribution in [1.82, 2.24) is 25.0 Å². The van der Waals surface area contributed by atoms with Gasteiger partial charge < -0.3 is 4.57 Å². The lowest BCUT2D eigenvalue weighted by molar-refractivity contribution is -0.115. The fraction of sp³-hybridized carbons (Fsp3) is 0.353. The first-order valence-electron chi connectivity index (χ1n) is 8.25. The molecule has 1 N–H and O–H groups in total. The van der Waals surface area contributed by atoms with Crippen LogP contribution in [0.15, 0.2) is 29.4 Å². The largest absolute Gasteiger partial charge is 0.302 e. The lowest BCUT2D eigenvalue weighted by atomic mass is 10.1. The number of carbonyl (C=O) groups is 1. The molecule has 1 aromatic carbocycles. The van der Waals surface area contributed by atoms with Crippen LogP contribution in [0.3, 0.4) is 0 Å². The summed E-state index contributed by atoms with van der Waals surface area (Å²) in [4.78, 5) is 12.4. The van der Waals surface area contributed by atoms with E-state index in [0.717, 1.165) is 28.1 Å². The second kappa shape index (κ2) is 7.96. The molecule has 3 aromatic rings. The Bertz CT molecular complexity index is 902. The van der Waals surface area contributed by atoms with Crippen molar-refractivity contribution in [1.29, 1.82) is 0 Å².